The molecule has 0 saturated carbocycles. The molecule has 0 aliphatic rings. The number of halogens is 4. The van der Waals surface area contributed by atoms with E-state index in [0.29, 0.717) is 11.3 Å². The van der Waals surface area contributed by atoms with E-state index in [0.717, 1.165) is 6.07 Å². The molecule has 0 bridgehead atoms. The first kappa shape index (κ1) is 13.9. The molecule has 0 amide bonds. The smallest absolute Gasteiger partial charge is 0.160 e. The standard InChI is InChI=1S/C13H9Cl2F2NO/c14-11-4-9(5-12(15)13(11)17)18-6-7-1-8(16)3-10(19)2-7/h1-5,18-19H,6H2. The van der Waals surface area contributed by atoms with Gasteiger partial charge in [0.1, 0.15) is 11.6 Å². The molecule has 6 heteroatoms. The molecular weight excluding hydrogens is 295 g/mol. The summed E-state index contributed by atoms with van der Waals surface area (Å²) in [4.78, 5) is 0. The maximum absolute atomic E-state index is 13.2. The van der Waals surface area contributed by atoms with Gasteiger partial charge in [0.25, 0.3) is 0 Å². The Morgan fingerprint density at radius 2 is 1.63 bits per heavy atom. The van der Waals surface area contributed by atoms with Crippen LogP contribution >= 0.6 is 23.2 Å². The van der Waals surface area contributed by atoms with Gasteiger partial charge in [-0.3, -0.25) is 0 Å². The molecule has 2 aromatic carbocycles. The maximum Gasteiger partial charge on any atom is 0.160 e. The van der Waals surface area contributed by atoms with Gasteiger partial charge >= 0.3 is 0 Å². The van der Waals surface area contributed by atoms with Gasteiger partial charge in [0.15, 0.2) is 5.82 Å². The minimum atomic E-state index is -0.683. The largest absolute Gasteiger partial charge is 0.508 e. The second kappa shape index (κ2) is 5.63. The Balaban J connectivity index is 2.14. The van der Waals surface area contributed by atoms with E-state index in [4.69, 9.17) is 23.2 Å². The molecule has 19 heavy (non-hydrogen) atoms. The highest BCUT2D eigenvalue weighted by atomic mass is 35.5. The molecule has 2 nitrogen and oxygen atoms in total. The van der Waals surface area contributed by atoms with Gasteiger partial charge in [-0.2, -0.15) is 0 Å². The van der Waals surface area contributed by atoms with Crippen molar-refractivity contribution in [3.05, 3.63) is 57.6 Å². The molecule has 0 unspecified atom stereocenters. The molecule has 0 aliphatic heterocycles. The third-order valence-corrected chi connectivity index (χ3v) is 2.97. The number of phenols is 1. The zero-order chi connectivity index (χ0) is 14.0. The Morgan fingerprint density at radius 3 is 2.21 bits per heavy atom. The Kier molecular flexibility index (Phi) is 4.12. The topological polar surface area (TPSA) is 32.3 Å². The van der Waals surface area contributed by atoms with Crippen molar-refractivity contribution < 1.29 is 13.9 Å². The number of aromatic hydroxyl groups is 1. The molecule has 0 heterocycles. The van der Waals surface area contributed by atoms with Crippen LogP contribution in [0.15, 0.2) is 30.3 Å². The van der Waals surface area contributed by atoms with Crippen molar-refractivity contribution in [1.82, 2.24) is 0 Å². The summed E-state index contributed by atoms with van der Waals surface area (Å²) in [6.45, 7) is 0.240. The minimum Gasteiger partial charge on any atom is -0.508 e. The lowest BCUT2D eigenvalue weighted by molar-refractivity contribution is 0.468. The Labute approximate surface area is 118 Å². The predicted octanol–water partition coefficient (Wildman–Crippen LogP) is 4.59. The second-order valence-electron chi connectivity index (χ2n) is 3.93. The van der Waals surface area contributed by atoms with Crippen molar-refractivity contribution in [3.8, 4) is 5.75 Å². The molecule has 100 valence electrons. The van der Waals surface area contributed by atoms with Crippen molar-refractivity contribution in [2.45, 2.75) is 6.54 Å². The van der Waals surface area contributed by atoms with E-state index >= 15 is 0 Å². The fraction of sp³-hybridized carbons (Fsp3) is 0.0769. The van der Waals surface area contributed by atoms with Crippen LogP contribution in [0.3, 0.4) is 0 Å². The van der Waals surface area contributed by atoms with Gasteiger partial charge in [-0.05, 0) is 29.8 Å². The lowest BCUT2D eigenvalue weighted by atomic mass is 10.2. The van der Waals surface area contributed by atoms with Crippen molar-refractivity contribution in [2.24, 2.45) is 0 Å². The Bertz CT molecular complexity index is 576. The van der Waals surface area contributed by atoms with E-state index in [9.17, 15) is 13.9 Å². The van der Waals surface area contributed by atoms with Crippen LogP contribution in [0, 0.1) is 11.6 Å². The van der Waals surface area contributed by atoms with Crippen LogP contribution in [-0.4, -0.2) is 5.11 Å². The summed E-state index contributed by atoms with van der Waals surface area (Å²) in [6.07, 6.45) is 0. The van der Waals surface area contributed by atoms with Gasteiger partial charge in [-0.25, -0.2) is 8.78 Å². The van der Waals surface area contributed by atoms with Crippen LogP contribution in [0.4, 0.5) is 14.5 Å². The van der Waals surface area contributed by atoms with E-state index in [2.05, 4.69) is 5.32 Å². The summed E-state index contributed by atoms with van der Waals surface area (Å²) in [5, 5.41) is 12.0. The molecule has 2 rings (SSSR count). The van der Waals surface area contributed by atoms with E-state index < -0.39 is 11.6 Å². The molecule has 0 atom stereocenters. The van der Waals surface area contributed by atoms with Crippen molar-refractivity contribution in [2.75, 3.05) is 5.32 Å². The fourth-order valence-electron chi connectivity index (χ4n) is 1.60. The monoisotopic (exact) mass is 303 g/mol. The van der Waals surface area contributed by atoms with E-state index in [1.165, 1.54) is 24.3 Å². The molecule has 0 fully saturated rings. The van der Waals surface area contributed by atoms with Gasteiger partial charge in [-0.1, -0.05) is 23.2 Å². The summed E-state index contributed by atoms with van der Waals surface area (Å²) in [5.74, 6) is -1.38. The molecular formula is C13H9Cl2F2NO. The number of nitrogens with one attached hydrogen (secondary N) is 1. The second-order valence-corrected chi connectivity index (χ2v) is 4.74. The van der Waals surface area contributed by atoms with Gasteiger partial charge < -0.3 is 10.4 Å². The number of hydrogen-bond donors (Lipinski definition) is 2. The molecule has 0 aromatic heterocycles. The summed E-state index contributed by atoms with van der Waals surface area (Å²) < 4.78 is 26.3. The average molecular weight is 304 g/mol. The number of anilines is 1. The van der Waals surface area contributed by atoms with Crippen LogP contribution in [0.25, 0.3) is 0 Å². The van der Waals surface area contributed by atoms with Crippen LogP contribution in [0.5, 0.6) is 5.75 Å². The van der Waals surface area contributed by atoms with Crippen molar-refractivity contribution >= 4 is 28.9 Å². The highest BCUT2D eigenvalue weighted by Gasteiger charge is 2.07. The summed E-state index contributed by atoms with van der Waals surface area (Å²) in [7, 11) is 0. The quantitative estimate of drug-likeness (QED) is 0.813. The lowest BCUT2D eigenvalue weighted by Gasteiger charge is -2.09. The third-order valence-electron chi connectivity index (χ3n) is 2.42. The zero-order valence-electron chi connectivity index (χ0n) is 9.55. The highest BCUT2D eigenvalue weighted by Crippen LogP contribution is 2.27. The summed E-state index contributed by atoms with van der Waals surface area (Å²) >= 11 is 11.3. The minimum absolute atomic E-state index is 0.0999. The number of rotatable bonds is 3. The first-order valence-corrected chi connectivity index (χ1v) is 6.08. The molecule has 0 spiro atoms. The van der Waals surface area contributed by atoms with E-state index in [-0.39, 0.29) is 22.3 Å². The molecule has 0 radical (unpaired) electrons. The summed E-state index contributed by atoms with van der Waals surface area (Å²) in [5.41, 5.74) is 1.04. The fourth-order valence-corrected chi connectivity index (χ4v) is 2.08. The van der Waals surface area contributed by atoms with Crippen LogP contribution in [0.2, 0.25) is 10.0 Å². The van der Waals surface area contributed by atoms with E-state index in [1.54, 1.807) is 0 Å². The van der Waals surface area contributed by atoms with Crippen LogP contribution in [0.1, 0.15) is 5.56 Å². The van der Waals surface area contributed by atoms with Crippen LogP contribution < -0.4 is 5.32 Å². The average Bonchev–Trinajstić information content (AvgIpc) is 2.32. The Morgan fingerprint density at radius 1 is 1.00 bits per heavy atom. The highest BCUT2D eigenvalue weighted by molar-refractivity contribution is 6.35. The predicted molar refractivity (Wildman–Crippen MR) is 71.8 cm³/mol. The summed E-state index contributed by atoms with van der Waals surface area (Å²) in [6, 6.07) is 6.46. The molecule has 2 aromatic rings. The first-order chi connectivity index (χ1) is 8.95. The molecule has 2 N–H and O–H groups in total. The van der Waals surface area contributed by atoms with Gasteiger partial charge in [-0.15, -0.1) is 0 Å². The first-order valence-electron chi connectivity index (χ1n) is 5.32. The van der Waals surface area contributed by atoms with Crippen molar-refractivity contribution in [3.63, 3.8) is 0 Å². The van der Waals surface area contributed by atoms with Gasteiger partial charge in [0.05, 0.1) is 10.0 Å². The Hall–Kier alpha value is -1.52. The third kappa shape index (κ3) is 3.49. The maximum atomic E-state index is 13.2. The number of hydrogen-bond acceptors (Lipinski definition) is 2. The van der Waals surface area contributed by atoms with E-state index in [1.807, 2.05) is 0 Å². The molecule has 0 aliphatic carbocycles. The number of benzene rings is 2. The van der Waals surface area contributed by atoms with Crippen LogP contribution in [-0.2, 0) is 6.54 Å². The van der Waals surface area contributed by atoms with Gasteiger partial charge in [0, 0.05) is 18.3 Å². The molecule has 0 saturated heterocycles. The SMILES string of the molecule is Oc1cc(F)cc(CNc2cc(Cl)c(F)c(Cl)c2)c1. The number of phenolic OH excluding ortho intramolecular Hbond substituents is 1. The normalized spacial score (nSPS) is 10.5. The zero-order valence-corrected chi connectivity index (χ0v) is 11.1. The lowest BCUT2D eigenvalue weighted by Crippen LogP contribution is -2.00. The van der Waals surface area contributed by atoms with Crippen molar-refractivity contribution in [1.29, 1.82) is 0 Å². The van der Waals surface area contributed by atoms with Gasteiger partial charge in [0.2, 0.25) is 0 Å².